The van der Waals surface area contributed by atoms with Crippen molar-refractivity contribution in [2.24, 2.45) is 0 Å². The van der Waals surface area contributed by atoms with Crippen LogP contribution in [0.25, 0.3) is 11.7 Å². The zero-order valence-corrected chi connectivity index (χ0v) is 18.0. The van der Waals surface area contributed by atoms with Crippen LogP contribution in [0.2, 0.25) is 5.02 Å². The van der Waals surface area contributed by atoms with Crippen LogP contribution in [0.5, 0.6) is 0 Å². The predicted molar refractivity (Wildman–Crippen MR) is 117 cm³/mol. The van der Waals surface area contributed by atoms with Crippen molar-refractivity contribution >= 4 is 29.2 Å². The normalized spacial score (nSPS) is 15.7. The van der Waals surface area contributed by atoms with Crippen molar-refractivity contribution in [1.29, 1.82) is 0 Å². The molecule has 1 saturated heterocycles. The minimum absolute atomic E-state index is 0.0211. The van der Waals surface area contributed by atoms with Gasteiger partial charge in [0.05, 0.1) is 22.7 Å². The molecule has 0 N–H and O–H groups in total. The topological polar surface area (TPSA) is 40.9 Å². The first kappa shape index (κ1) is 22.4. The number of carbonyl (C=O) groups is 1. The zero-order chi connectivity index (χ0) is 22.7. The van der Waals surface area contributed by atoms with E-state index in [4.69, 9.17) is 11.6 Å². The fourth-order valence-electron chi connectivity index (χ4n) is 3.70. The van der Waals surface area contributed by atoms with E-state index in [0.717, 1.165) is 37.5 Å². The second kappa shape index (κ2) is 9.34. The lowest BCUT2D eigenvalue weighted by Crippen LogP contribution is -2.49. The number of hydrogen-bond donors (Lipinski definition) is 0. The molecule has 0 radical (unpaired) electrons. The number of nitrogens with zero attached hydrogens (tertiary/aromatic N) is 4. The maximum Gasteiger partial charge on any atom is 0.417 e. The van der Waals surface area contributed by atoms with Crippen LogP contribution in [-0.4, -0.2) is 57.8 Å². The monoisotopic (exact) mass is 462 g/mol. The third-order valence-corrected chi connectivity index (χ3v) is 5.69. The van der Waals surface area contributed by atoms with Crippen LogP contribution in [0.1, 0.15) is 16.8 Å². The molecule has 0 bridgehead atoms. The average Bonchev–Trinajstić information content (AvgIpc) is 3.17. The summed E-state index contributed by atoms with van der Waals surface area (Å²) in [7, 11) is 0. The standard InChI is InChI=1S/C23H22ClF3N4O/c24-20-13-18(23(25,26)27)15-31-16-19(28-22(20)31)14-21(32)30-11-9-29(10-12-30)8-4-7-17-5-2-1-3-6-17/h1-7,13,15-16H,8-12,14H2/b7-4+. The highest BCUT2D eigenvalue weighted by Gasteiger charge is 2.32. The van der Waals surface area contributed by atoms with Crippen LogP contribution in [0.4, 0.5) is 13.2 Å². The smallest absolute Gasteiger partial charge is 0.340 e. The molecule has 4 rings (SSSR count). The van der Waals surface area contributed by atoms with Crippen molar-refractivity contribution in [2.45, 2.75) is 12.6 Å². The first-order valence-corrected chi connectivity index (χ1v) is 10.6. The van der Waals surface area contributed by atoms with Crippen LogP contribution < -0.4 is 0 Å². The van der Waals surface area contributed by atoms with Crippen LogP contribution >= 0.6 is 11.6 Å². The van der Waals surface area contributed by atoms with E-state index in [0.29, 0.717) is 18.8 Å². The van der Waals surface area contributed by atoms with Crippen LogP contribution in [0.15, 0.2) is 54.9 Å². The Labute approximate surface area is 188 Å². The Morgan fingerprint density at radius 1 is 1.09 bits per heavy atom. The Morgan fingerprint density at radius 3 is 2.50 bits per heavy atom. The van der Waals surface area contributed by atoms with E-state index in [9.17, 15) is 18.0 Å². The van der Waals surface area contributed by atoms with Crippen molar-refractivity contribution in [2.75, 3.05) is 32.7 Å². The molecule has 3 heterocycles. The summed E-state index contributed by atoms with van der Waals surface area (Å²) in [4.78, 5) is 21.0. The molecule has 1 aromatic carbocycles. The minimum Gasteiger partial charge on any atom is -0.340 e. The van der Waals surface area contributed by atoms with Gasteiger partial charge in [0, 0.05) is 45.1 Å². The molecule has 32 heavy (non-hydrogen) atoms. The summed E-state index contributed by atoms with van der Waals surface area (Å²) >= 11 is 5.97. The maximum atomic E-state index is 13.0. The Hall–Kier alpha value is -2.84. The molecule has 168 valence electrons. The summed E-state index contributed by atoms with van der Waals surface area (Å²) in [6, 6.07) is 10.9. The lowest BCUT2D eigenvalue weighted by molar-refractivity contribution is -0.138. The third kappa shape index (κ3) is 5.31. The lowest BCUT2D eigenvalue weighted by Gasteiger charge is -2.34. The predicted octanol–water partition coefficient (Wildman–Crippen LogP) is 4.41. The number of halogens is 4. The first-order valence-electron chi connectivity index (χ1n) is 10.3. The van der Waals surface area contributed by atoms with Gasteiger partial charge in [0.1, 0.15) is 0 Å². The number of hydrogen-bond acceptors (Lipinski definition) is 3. The molecule has 1 amide bonds. The van der Waals surface area contributed by atoms with Gasteiger partial charge in [0.25, 0.3) is 0 Å². The summed E-state index contributed by atoms with van der Waals surface area (Å²) < 4.78 is 40.2. The van der Waals surface area contributed by atoms with E-state index in [1.807, 2.05) is 30.3 Å². The number of amides is 1. The van der Waals surface area contributed by atoms with Gasteiger partial charge in [-0.05, 0) is 11.6 Å². The molecule has 1 aliphatic heterocycles. The van der Waals surface area contributed by atoms with Crippen molar-refractivity contribution < 1.29 is 18.0 Å². The molecule has 1 fully saturated rings. The van der Waals surface area contributed by atoms with E-state index in [1.165, 1.54) is 10.6 Å². The van der Waals surface area contributed by atoms with Gasteiger partial charge in [0.15, 0.2) is 5.65 Å². The fourth-order valence-corrected chi connectivity index (χ4v) is 3.95. The highest BCUT2D eigenvalue weighted by Crippen LogP contribution is 2.32. The Kier molecular flexibility index (Phi) is 6.53. The largest absolute Gasteiger partial charge is 0.417 e. The molecule has 3 aromatic rings. The highest BCUT2D eigenvalue weighted by molar-refractivity contribution is 6.33. The van der Waals surface area contributed by atoms with Gasteiger partial charge in [-0.1, -0.05) is 54.1 Å². The summed E-state index contributed by atoms with van der Waals surface area (Å²) in [5, 5.41) is -0.101. The minimum atomic E-state index is -4.51. The zero-order valence-electron chi connectivity index (χ0n) is 17.2. The van der Waals surface area contributed by atoms with E-state index in [1.54, 1.807) is 4.90 Å². The number of alkyl halides is 3. The van der Waals surface area contributed by atoms with Gasteiger partial charge in [-0.2, -0.15) is 13.2 Å². The second-order valence-electron chi connectivity index (χ2n) is 7.71. The van der Waals surface area contributed by atoms with Gasteiger partial charge in [-0.25, -0.2) is 4.98 Å². The molecular weight excluding hydrogens is 441 g/mol. The Morgan fingerprint density at radius 2 is 1.81 bits per heavy atom. The van der Waals surface area contributed by atoms with Gasteiger partial charge in [0.2, 0.25) is 5.91 Å². The van der Waals surface area contributed by atoms with Crippen LogP contribution in [-0.2, 0) is 17.4 Å². The number of pyridine rings is 1. The molecule has 0 unspecified atom stereocenters. The summed E-state index contributed by atoms with van der Waals surface area (Å²) in [5.41, 5.74) is 0.890. The molecule has 0 atom stereocenters. The van der Waals surface area contributed by atoms with Crippen molar-refractivity contribution in [3.63, 3.8) is 0 Å². The number of benzene rings is 1. The van der Waals surface area contributed by atoms with Crippen molar-refractivity contribution in [3.8, 4) is 0 Å². The number of imidazole rings is 1. The average molecular weight is 463 g/mol. The SMILES string of the molecule is O=C(Cc1cn2cc(C(F)(F)F)cc(Cl)c2n1)N1CCN(C/C=C/c2ccccc2)CC1. The lowest BCUT2D eigenvalue weighted by atomic mass is 10.2. The Bertz CT molecular complexity index is 1120. The van der Waals surface area contributed by atoms with Crippen LogP contribution in [0, 0.1) is 0 Å². The van der Waals surface area contributed by atoms with E-state index < -0.39 is 11.7 Å². The number of rotatable bonds is 5. The van der Waals surface area contributed by atoms with Crippen molar-refractivity contribution in [1.82, 2.24) is 19.2 Å². The number of piperazine rings is 1. The van der Waals surface area contributed by atoms with Crippen LogP contribution in [0.3, 0.4) is 0 Å². The van der Waals surface area contributed by atoms with Gasteiger partial charge >= 0.3 is 6.18 Å². The van der Waals surface area contributed by atoms with E-state index in [-0.39, 0.29) is 23.0 Å². The van der Waals surface area contributed by atoms with E-state index >= 15 is 0 Å². The van der Waals surface area contributed by atoms with Gasteiger partial charge in [-0.3, -0.25) is 9.69 Å². The summed E-state index contributed by atoms with van der Waals surface area (Å²) in [6.45, 7) is 3.53. The van der Waals surface area contributed by atoms with Gasteiger partial charge < -0.3 is 9.30 Å². The summed E-state index contributed by atoms with van der Waals surface area (Å²) in [6.07, 6.45) is 2.07. The molecular formula is C23H22ClF3N4O. The fraction of sp³-hybridized carbons (Fsp3) is 0.304. The Balaban J connectivity index is 1.32. The summed E-state index contributed by atoms with van der Waals surface area (Å²) in [5.74, 6) is -0.0972. The molecule has 9 heteroatoms. The molecule has 0 spiro atoms. The second-order valence-corrected chi connectivity index (χ2v) is 8.12. The molecule has 0 saturated carbocycles. The third-order valence-electron chi connectivity index (χ3n) is 5.41. The van der Waals surface area contributed by atoms with Crippen molar-refractivity contribution in [3.05, 3.63) is 76.7 Å². The molecule has 2 aromatic heterocycles. The molecule has 1 aliphatic rings. The number of fused-ring (bicyclic) bond motifs is 1. The maximum absolute atomic E-state index is 13.0. The number of aromatic nitrogens is 2. The highest BCUT2D eigenvalue weighted by atomic mass is 35.5. The number of carbonyl (C=O) groups excluding carboxylic acids is 1. The first-order chi connectivity index (χ1) is 15.3. The molecule has 5 nitrogen and oxygen atoms in total. The van der Waals surface area contributed by atoms with Gasteiger partial charge in [-0.15, -0.1) is 0 Å². The molecule has 0 aliphatic carbocycles. The van der Waals surface area contributed by atoms with E-state index in [2.05, 4.69) is 22.0 Å². The quantitative estimate of drug-likeness (QED) is 0.564.